The van der Waals surface area contributed by atoms with E-state index in [9.17, 15) is 19.2 Å². The molecule has 3 rings (SSSR count). The highest BCUT2D eigenvalue weighted by Gasteiger charge is 2.52. The number of carbonyl (C=O) groups is 4. The number of Topliss-reactive ketones (excluding diaryl/α,β-unsaturated/α-hetero) is 1. The molecule has 2 aliphatic rings. The monoisotopic (exact) mass is 397 g/mol. The molecule has 1 fully saturated rings. The van der Waals surface area contributed by atoms with Gasteiger partial charge in [0, 0.05) is 12.0 Å². The van der Waals surface area contributed by atoms with Crippen molar-refractivity contribution in [3.8, 4) is 0 Å². The maximum Gasteiger partial charge on any atom is 0.246 e. The number of imide groups is 1. The molecule has 1 saturated heterocycles. The fourth-order valence-electron chi connectivity index (χ4n) is 4.14. The largest absolute Gasteiger partial charge is 0.368 e. The Bertz CT molecular complexity index is 828. The van der Waals surface area contributed by atoms with Gasteiger partial charge < -0.3 is 11.1 Å². The predicted molar refractivity (Wildman–Crippen MR) is 108 cm³/mol. The quantitative estimate of drug-likeness (QED) is 0.449. The van der Waals surface area contributed by atoms with Gasteiger partial charge >= 0.3 is 0 Å². The molecule has 29 heavy (non-hydrogen) atoms. The summed E-state index contributed by atoms with van der Waals surface area (Å²) in [6.45, 7) is 0.707. The minimum absolute atomic E-state index is 0.110. The summed E-state index contributed by atoms with van der Waals surface area (Å²) < 4.78 is 0. The van der Waals surface area contributed by atoms with Crippen LogP contribution in [-0.4, -0.2) is 36.1 Å². The molecule has 1 aromatic rings. The van der Waals surface area contributed by atoms with Crippen molar-refractivity contribution >= 4 is 23.5 Å². The molecule has 0 radical (unpaired) electrons. The van der Waals surface area contributed by atoms with Gasteiger partial charge in [0.15, 0.2) is 11.2 Å². The van der Waals surface area contributed by atoms with Crippen LogP contribution in [0.15, 0.2) is 42.0 Å². The number of primary amides is 1. The van der Waals surface area contributed by atoms with Crippen LogP contribution in [0.1, 0.15) is 44.1 Å². The predicted octanol–water partition coefficient (Wildman–Crippen LogP) is 1.17. The van der Waals surface area contributed by atoms with Gasteiger partial charge in [0.25, 0.3) is 0 Å². The Morgan fingerprint density at radius 2 is 1.93 bits per heavy atom. The van der Waals surface area contributed by atoms with E-state index in [0.29, 0.717) is 25.8 Å². The van der Waals surface area contributed by atoms with E-state index in [1.165, 1.54) is 0 Å². The molecule has 1 aliphatic carbocycles. The molecule has 7 heteroatoms. The minimum atomic E-state index is -1.77. The van der Waals surface area contributed by atoms with Crippen molar-refractivity contribution in [2.45, 2.75) is 51.0 Å². The first-order chi connectivity index (χ1) is 13.9. The Labute approximate surface area is 170 Å². The van der Waals surface area contributed by atoms with Crippen LogP contribution in [-0.2, 0) is 25.6 Å². The second-order valence-corrected chi connectivity index (χ2v) is 7.66. The summed E-state index contributed by atoms with van der Waals surface area (Å²) in [6.07, 6.45) is 5.13. The molecule has 1 aromatic carbocycles. The van der Waals surface area contributed by atoms with Crippen LogP contribution in [0, 0.1) is 5.41 Å². The zero-order valence-corrected chi connectivity index (χ0v) is 16.4. The molecule has 0 saturated carbocycles. The standard InChI is InChI=1S/C22H27N3O4/c23-20(28)22(21(29)25-19(27)17-11-6-14-24-17)13-5-10-16(22)18(26)12-4-9-15-7-2-1-3-8-15/h1-3,7-8,10,17,24H,4-6,9,11-14H2,(H2,23,28)(H,25,27,29)/t17-,22?/m0/s1. The smallest absolute Gasteiger partial charge is 0.246 e. The normalized spacial score (nSPS) is 23.4. The van der Waals surface area contributed by atoms with Crippen molar-refractivity contribution in [2.75, 3.05) is 6.54 Å². The van der Waals surface area contributed by atoms with Gasteiger partial charge in [-0.05, 0) is 50.6 Å². The van der Waals surface area contributed by atoms with E-state index >= 15 is 0 Å². The third kappa shape index (κ3) is 4.45. The van der Waals surface area contributed by atoms with Crippen LogP contribution >= 0.6 is 0 Å². The number of hydrogen-bond acceptors (Lipinski definition) is 5. The second kappa shape index (κ2) is 9.13. The van der Waals surface area contributed by atoms with Gasteiger partial charge in [-0.2, -0.15) is 0 Å². The van der Waals surface area contributed by atoms with Crippen molar-refractivity contribution < 1.29 is 19.2 Å². The third-order valence-electron chi connectivity index (χ3n) is 5.76. The fraction of sp³-hybridized carbons (Fsp3) is 0.455. The van der Waals surface area contributed by atoms with Gasteiger partial charge in [0.1, 0.15) is 0 Å². The molecule has 3 amide bonds. The van der Waals surface area contributed by atoms with Gasteiger partial charge in [0.2, 0.25) is 17.7 Å². The van der Waals surface area contributed by atoms with Crippen molar-refractivity contribution in [1.82, 2.24) is 10.6 Å². The number of rotatable bonds is 8. The number of amides is 3. The van der Waals surface area contributed by atoms with Gasteiger partial charge in [-0.15, -0.1) is 0 Å². The number of ketones is 1. The minimum Gasteiger partial charge on any atom is -0.368 e. The maximum absolute atomic E-state index is 12.9. The van der Waals surface area contributed by atoms with Crippen molar-refractivity contribution in [3.05, 3.63) is 47.5 Å². The Morgan fingerprint density at radius 3 is 2.59 bits per heavy atom. The highest BCUT2D eigenvalue weighted by Crippen LogP contribution is 2.40. The first kappa shape index (κ1) is 20.9. The van der Waals surface area contributed by atoms with Crippen molar-refractivity contribution in [3.63, 3.8) is 0 Å². The van der Waals surface area contributed by atoms with Crippen molar-refractivity contribution in [1.29, 1.82) is 0 Å². The summed E-state index contributed by atoms with van der Waals surface area (Å²) in [4.78, 5) is 50.4. The zero-order chi connectivity index (χ0) is 20.9. The molecule has 7 nitrogen and oxygen atoms in total. The molecule has 0 spiro atoms. The molecule has 0 aromatic heterocycles. The first-order valence-corrected chi connectivity index (χ1v) is 10.1. The van der Waals surface area contributed by atoms with Gasteiger partial charge in [-0.1, -0.05) is 36.4 Å². The van der Waals surface area contributed by atoms with Gasteiger partial charge in [-0.25, -0.2) is 0 Å². The molecule has 1 unspecified atom stereocenters. The molecule has 2 atom stereocenters. The summed E-state index contributed by atoms with van der Waals surface area (Å²) in [5.41, 5.74) is 5.07. The van der Waals surface area contributed by atoms with E-state index in [-0.39, 0.29) is 24.2 Å². The van der Waals surface area contributed by atoms with E-state index in [1.54, 1.807) is 6.08 Å². The van der Waals surface area contributed by atoms with Crippen LogP contribution in [0.4, 0.5) is 0 Å². The summed E-state index contributed by atoms with van der Waals surface area (Å²) in [5, 5.41) is 5.33. The second-order valence-electron chi connectivity index (χ2n) is 7.66. The Balaban J connectivity index is 1.67. The number of carbonyl (C=O) groups excluding carboxylic acids is 4. The van der Waals surface area contributed by atoms with Crippen LogP contribution < -0.4 is 16.4 Å². The number of hydrogen-bond donors (Lipinski definition) is 3. The summed E-state index contributed by atoms with van der Waals surface area (Å²) in [6, 6.07) is 9.33. The topological polar surface area (TPSA) is 118 Å². The summed E-state index contributed by atoms with van der Waals surface area (Å²) in [5.74, 6) is -2.42. The lowest BCUT2D eigenvalue weighted by Crippen LogP contribution is -2.55. The SMILES string of the molecule is NC(=O)C1(C(=O)NC(=O)[C@@H]2CCCN2)CCC=C1C(=O)CCCc1ccccc1. The molecule has 4 N–H and O–H groups in total. The highest BCUT2D eigenvalue weighted by molar-refractivity contribution is 6.19. The number of aryl methyl sites for hydroxylation is 1. The summed E-state index contributed by atoms with van der Waals surface area (Å²) in [7, 11) is 0. The molecular formula is C22H27N3O4. The lowest BCUT2D eigenvalue weighted by atomic mass is 9.76. The van der Waals surface area contributed by atoms with Gasteiger partial charge in [-0.3, -0.25) is 24.5 Å². The van der Waals surface area contributed by atoms with Gasteiger partial charge in [0.05, 0.1) is 6.04 Å². The number of allylic oxidation sites excluding steroid dienone is 1. The Hall–Kier alpha value is -2.80. The average molecular weight is 397 g/mol. The van der Waals surface area contributed by atoms with Crippen LogP contribution in [0.5, 0.6) is 0 Å². The third-order valence-corrected chi connectivity index (χ3v) is 5.76. The maximum atomic E-state index is 12.9. The average Bonchev–Trinajstić information content (AvgIpc) is 3.39. The lowest BCUT2D eigenvalue weighted by molar-refractivity contribution is -0.143. The van der Waals surface area contributed by atoms with E-state index in [0.717, 1.165) is 18.4 Å². The molecule has 1 aliphatic heterocycles. The molecule has 154 valence electrons. The Morgan fingerprint density at radius 1 is 1.17 bits per heavy atom. The first-order valence-electron chi connectivity index (χ1n) is 10.1. The fourth-order valence-corrected chi connectivity index (χ4v) is 4.14. The lowest BCUT2D eigenvalue weighted by Gasteiger charge is -2.27. The number of benzene rings is 1. The molecule has 1 heterocycles. The zero-order valence-electron chi connectivity index (χ0n) is 16.4. The Kier molecular flexibility index (Phi) is 6.59. The van der Waals surface area contributed by atoms with Crippen molar-refractivity contribution in [2.24, 2.45) is 11.1 Å². The van der Waals surface area contributed by atoms with E-state index < -0.39 is 29.2 Å². The van der Waals surface area contributed by atoms with E-state index in [2.05, 4.69) is 10.6 Å². The summed E-state index contributed by atoms with van der Waals surface area (Å²) >= 11 is 0. The molecular weight excluding hydrogens is 370 g/mol. The van der Waals surface area contributed by atoms with E-state index in [1.807, 2.05) is 30.3 Å². The number of nitrogens with one attached hydrogen (secondary N) is 2. The highest BCUT2D eigenvalue weighted by atomic mass is 16.2. The molecule has 0 bridgehead atoms. The van der Waals surface area contributed by atoms with Crippen LogP contribution in [0.2, 0.25) is 0 Å². The van der Waals surface area contributed by atoms with Crippen LogP contribution in [0.25, 0.3) is 0 Å². The van der Waals surface area contributed by atoms with Crippen LogP contribution in [0.3, 0.4) is 0 Å². The number of nitrogens with two attached hydrogens (primary N) is 1. The van der Waals surface area contributed by atoms with E-state index in [4.69, 9.17) is 5.73 Å².